The van der Waals surface area contributed by atoms with Gasteiger partial charge in [-0.2, -0.15) is 5.10 Å². The van der Waals surface area contributed by atoms with E-state index in [-0.39, 0.29) is 0 Å². The second kappa shape index (κ2) is 4.58. The fraction of sp³-hybridized carbons (Fsp3) is 0.333. The summed E-state index contributed by atoms with van der Waals surface area (Å²) in [5.41, 5.74) is 1.03. The second-order valence-electron chi connectivity index (χ2n) is 4.31. The summed E-state index contributed by atoms with van der Waals surface area (Å²) < 4.78 is 1.02. The van der Waals surface area contributed by atoms with Gasteiger partial charge in [0.1, 0.15) is 5.82 Å². The van der Waals surface area contributed by atoms with E-state index in [1.54, 1.807) is 0 Å². The molecule has 17 heavy (non-hydrogen) atoms. The molecule has 5 heteroatoms. The van der Waals surface area contributed by atoms with Gasteiger partial charge in [0.05, 0.1) is 0 Å². The third kappa shape index (κ3) is 2.25. The minimum absolute atomic E-state index is 0.704. The summed E-state index contributed by atoms with van der Waals surface area (Å²) in [5.74, 6) is 2.44. The molecule has 0 aliphatic carbocycles. The smallest absolute Gasteiger partial charge is 0.182 e. The largest absolute Gasteiger partial charge is 0.316 e. The summed E-state index contributed by atoms with van der Waals surface area (Å²) in [6.07, 6.45) is 0.977. The van der Waals surface area contributed by atoms with Crippen molar-refractivity contribution < 1.29 is 0 Å². The predicted octanol–water partition coefficient (Wildman–Crippen LogP) is 2.00. The minimum Gasteiger partial charge on any atom is -0.316 e. The fourth-order valence-corrected chi connectivity index (χ4v) is 2.38. The highest BCUT2D eigenvalue weighted by Crippen LogP contribution is 2.25. The summed E-state index contributed by atoms with van der Waals surface area (Å²) in [7, 11) is 0. The first kappa shape index (κ1) is 10.9. The highest BCUT2D eigenvalue weighted by atomic mass is 79.9. The molecule has 2 aromatic rings. The van der Waals surface area contributed by atoms with Gasteiger partial charge in [0.25, 0.3) is 0 Å². The van der Waals surface area contributed by atoms with Crippen LogP contribution in [0.1, 0.15) is 5.82 Å². The van der Waals surface area contributed by atoms with Crippen LogP contribution in [-0.2, 0) is 6.42 Å². The van der Waals surface area contributed by atoms with Crippen LogP contribution in [0.4, 0.5) is 0 Å². The highest BCUT2D eigenvalue weighted by Gasteiger charge is 2.19. The van der Waals surface area contributed by atoms with Gasteiger partial charge in [-0.05, 0) is 31.1 Å². The van der Waals surface area contributed by atoms with E-state index in [0.717, 1.165) is 41.2 Å². The maximum atomic E-state index is 4.54. The lowest BCUT2D eigenvalue weighted by molar-refractivity contribution is 0.341. The van der Waals surface area contributed by atoms with Crippen molar-refractivity contribution in [2.75, 3.05) is 13.1 Å². The van der Waals surface area contributed by atoms with Crippen molar-refractivity contribution in [2.45, 2.75) is 6.42 Å². The van der Waals surface area contributed by atoms with E-state index in [1.165, 1.54) is 0 Å². The van der Waals surface area contributed by atoms with Crippen molar-refractivity contribution in [3.05, 3.63) is 34.6 Å². The molecule has 0 unspecified atom stereocenters. The summed E-state index contributed by atoms with van der Waals surface area (Å²) in [5, 5.41) is 10.6. The Hall–Kier alpha value is -1.20. The van der Waals surface area contributed by atoms with Gasteiger partial charge in [-0.3, -0.25) is 5.10 Å². The Morgan fingerprint density at radius 2 is 2.12 bits per heavy atom. The molecule has 3 rings (SSSR count). The number of aromatic nitrogens is 3. The zero-order valence-electron chi connectivity index (χ0n) is 9.28. The molecule has 0 saturated carbocycles. The molecular weight excluding hydrogens is 280 g/mol. The average Bonchev–Trinajstić information content (AvgIpc) is 2.73. The fourth-order valence-electron chi connectivity index (χ4n) is 1.92. The Balaban J connectivity index is 1.82. The van der Waals surface area contributed by atoms with Gasteiger partial charge in [0.2, 0.25) is 0 Å². The topological polar surface area (TPSA) is 53.6 Å². The summed E-state index contributed by atoms with van der Waals surface area (Å²) in [6, 6.07) is 8.00. The van der Waals surface area contributed by atoms with Gasteiger partial charge in [-0.15, -0.1) is 0 Å². The lowest BCUT2D eigenvalue weighted by atomic mass is 9.99. The van der Waals surface area contributed by atoms with Gasteiger partial charge in [0, 0.05) is 16.5 Å². The van der Waals surface area contributed by atoms with Gasteiger partial charge in [0.15, 0.2) is 5.82 Å². The Kier molecular flexibility index (Phi) is 2.94. The molecule has 0 bridgehead atoms. The van der Waals surface area contributed by atoms with Gasteiger partial charge in [-0.1, -0.05) is 28.1 Å². The monoisotopic (exact) mass is 292 g/mol. The van der Waals surface area contributed by atoms with Gasteiger partial charge < -0.3 is 5.32 Å². The average molecular weight is 293 g/mol. The van der Waals surface area contributed by atoms with Gasteiger partial charge >= 0.3 is 0 Å². The molecule has 1 aliphatic rings. The molecule has 1 aromatic heterocycles. The maximum absolute atomic E-state index is 4.54. The first-order valence-corrected chi connectivity index (χ1v) is 6.49. The van der Waals surface area contributed by atoms with Crippen LogP contribution in [0.2, 0.25) is 0 Å². The number of benzene rings is 1. The number of halogens is 1. The molecule has 0 spiro atoms. The predicted molar refractivity (Wildman–Crippen MR) is 69.6 cm³/mol. The third-order valence-corrected chi connectivity index (χ3v) is 3.69. The standard InChI is InChI=1S/C12H13BrN4/c13-10-4-2-1-3-9(10)12-15-11(16-17-12)5-8-6-14-7-8/h1-4,8,14H,5-7H2,(H,15,16,17). The van der Waals surface area contributed by atoms with E-state index in [9.17, 15) is 0 Å². The van der Waals surface area contributed by atoms with Crippen molar-refractivity contribution in [1.29, 1.82) is 0 Å². The second-order valence-corrected chi connectivity index (χ2v) is 5.17. The van der Waals surface area contributed by atoms with Crippen LogP contribution in [0.3, 0.4) is 0 Å². The first-order valence-electron chi connectivity index (χ1n) is 5.70. The Morgan fingerprint density at radius 1 is 1.29 bits per heavy atom. The molecular formula is C12H13BrN4. The molecule has 4 nitrogen and oxygen atoms in total. The highest BCUT2D eigenvalue weighted by molar-refractivity contribution is 9.10. The van der Waals surface area contributed by atoms with Gasteiger partial charge in [-0.25, -0.2) is 4.98 Å². The molecule has 2 heterocycles. The number of H-pyrrole nitrogens is 1. The molecule has 0 amide bonds. The molecule has 1 aromatic carbocycles. The van der Waals surface area contributed by atoms with Crippen molar-refractivity contribution in [3.63, 3.8) is 0 Å². The van der Waals surface area contributed by atoms with E-state index in [4.69, 9.17) is 0 Å². The number of rotatable bonds is 3. The zero-order valence-corrected chi connectivity index (χ0v) is 10.9. The number of hydrogen-bond acceptors (Lipinski definition) is 3. The minimum atomic E-state index is 0.704. The maximum Gasteiger partial charge on any atom is 0.182 e. The van der Waals surface area contributed by atoms with Crippen LogP contribution in [0.5, 0.6) is 0 Å². The van der Waals surface area contributed by atoms with Crippen LogP contribution >= 0.6 is 15.9 Å². The molecule has 0 radical (unpaired) electrons. The van der Waals surface area contributed by atoms with E-state index >= 15 is 0 Å². The first-order chi connectivity index (χ1) is 8.33. The van der Waals surface area contributed by atoms with Crippen molar-refractivity contribution >= 4 is 15.9 Å². The SMILES string of the molecule is Brc1ccccc1-c1n[nH]c(CC2CNC2)n1. The molecule has 2 N–H and O–H groups in total. The Bertz CT molecular complexity index is 519. The summed E-state index contributed by atoms with van der Waals surface area (Å²) in [6.45, 7) is 2.18. The molecule has 1 saturated heterocycles. The number of hydrogen-bond donors (Lipinski definition) is 2. The number of aromatic amines is 1. The van der Waals surface area contributed by atoms with Crippen molar-refractivity contribution in [2.24, 2.45) is 5.92 Å². The Labute approximate surface area is 108 Å². The van der Waals surface area contributed by atoms with Crippen molar-refractivity contribution in [3.8, 4) is 11.4 Å². The van der Waals surface area contributed by atoms with Crippen LogP contribution < -0.4 is 5.32 Å². The lowest BCUT2D eigenvalue weighted by Crippen LogP contribution is -2.43. The molecule has 0 atom stereocenters. The number of nitrogens with zero attached hydrogens (tertiary/aromatic N) is 2. The molecule has 1 fully saturated rings. The summed E-state index contributed by atoms with van der Waals surface area (Å²) in [4.78, 5) is 4.54. The van der Waals surface area contributed by atoms with E-state index < -0.39 is 0 Å². The summed E-state index contributed by atoms with van der Waals surface area (Å²) >= 11 is 3.51. The van der Waals surface area contributed by atoms with E-state index in [2.05, 4.69) is 36.4 Å². The Morgan fingerprint density at radius 3 is 2.82 bits per heavy atom. The van der Waals surface area contributed by atoms with E-state index in [1.807, 2.05) is 24.3 Å². The number of nitrogens with one attached hydrogen (secondary N) is 2. The van der Waals surface area contributed by atoms with Crippen molar-refractivity contribution in [1.82, 2.24) is 20.5 Å². The van der Waals surface area contributed by atoms with E-state index in [0.29, 0.717) is 5.92 Å². The third-order valence-electron chi connectivity index (χ3n) is 2.99. The normalized spacial score (nSPS) is 15.8. The van der Waals surface area contributed by atoms with Crippen LogP contribution in [-0.4, -0.2) is 28.3 Å². The lowest BCUT2D eigenvalue weighted by Gasteiger charge is -2.25. The molecule has 88 valence electrons. The van der Waals surface area contributed by atoms with Crippen LogP contribution in [0.25, 0.3) is 11.4 Å². The zero-order chi connectivity index (χ0) is 11.7. The van der Waals surface area contributed by atoms with Crippen LogP contribution in [0.15, 0.2) is 28.7 Å². The quantitative estimate of drug-likeness (QED) is 0.910. The van der Waals surface area contributed by atoms with Crippen LogP contribution in [0, 0.1) is 5.92 Å². The molecule has 1 aliphatic heterocycles.